The number of rotatable bonds is 9. The smallest absolute Gasteiger partial charge is 0.414 e. The highest BCUT2D eigenvalue weighted by Crippen LogP contribution is 2.30. The molecule has 4 amide bonds. The largest absolute Gasteiger partial charge is 0.454 e. The second-order valence-electron chi connectivity index (χ2n) is 9.64. The zero-order chi connectivity index (χ0) is 29.8. The normalized spacial score (nSPS) is 17.5. The van der Waals surface area contributed by atoms with Crippen LogP contribution in [0.2, 0.25) is 4.34 Å². The number of morpholine rings is 1. The number of nitrogens with zero attached hydrogens (tertiary/aromatic N) is 3. The lowest BCUT2D eigenvalue weighted by molar-refractivity contribution is -0.153. The number of carbonyl (C=O) groups is 5. The number of ether oxygens (including phenoxy) is 3. The van der Waals surface area contributed by atoms with Crippen molar-refractivity contribution in [2.24, 2.45) is 11.7 Å². The van der Waals surface area contributed by atoms with Gasteiger partial charge >= 0.3 is 12.1 Å². The summed E-state index contributed by atoms with van der Waals surface area (Å²) < 4.78 is 30.9. The number of halogens is 3. The van der Waals surface area contributed by atoms with Crippen molar-refractivity contribution in [3.8, 4) is 0 Å². The number of nitrogens with two attached hydrogens (primary N) is 1. The summed E-state index contributed by atoms with van der Waals surface area (Å²) in [4.78, 5) is 66.6. The lowest BCUT2D eigenvalue weighted by atomic mass is 10.1. The van der Waals surface area contributed by atoms with E-state index in [0.29, 0.717) is 16.6 Å². The van der Waals surface area contributed by atoms with Crippen LogP contribution in [-0.4, -0.2) is 86.3 Å². The number of hydrogen-bond acceptors (Lipinski definition) is 10. The Hall–Kier alpha value is -3.30. The Morgan fingerprint density at radius 3 is 2.57 bits per heavy atom. The van der Waals surface area contributed by atoms with Crippen molar-refractivity contribution < 1.29 is 42.6 Å². The van der Waals surface area contributed by atoms with Crippen LogP contribution >= 0.6 is 35.3 Å². The average Bonchev–Trinajstić information content (AvgIpc) is 3.54. The standard InChI is InChI=1S/C26H28ClFN4O8S.ClH/c1-14(2)23(29)25(36)39-13-22(34)32(24(35)19-5-6-20(27)41-19)11-16-10-31(26(37)40-16)18-4-3-15(9-17(18)28)30-7-8-38-12-21(30)33;/h3-6,9,14,16,23H,7-8,10-13,29H2,1-2H3;1H/t16-,23+;/m1./s1. The Morgan fingerprint density at radius 1 is 1.21 bits per heavy atom. The molecule has 2 N–H and O–H groups in total. The molecule has 2 aliphatic rings. The second kappa shape index (κ2) is 14.2. The minimum Gasteiger partial charge on any atom is -0.454 e. The highest BCUT2D eigenvalue weighted by atomic mass is 35.5. The maximum atomic E-state index is 15.1. The Kier molecular flexibility index (Phi) is 11.3. The van der Waals surface area contributed by atoms with Crippen molar-refractivity contribution in [1.82, 2.24) is 4.90 Å². The fourth-order valence-electron chi connectivity index (χ4n) is 4.13. The third-order valence-corrected chi connectivity index (χ3v) is 7.66. The molecule has 1 aromatic carbocycles. The molecule has 4 rings (SSSR count). The highest BCUT2D eigenvalue weighted by molar-refractivity contribution is 7.18. The number of hydrogen-bond donors (Lipinski definition) is 1. The topological polar surface area (TPSA) is 149 Å². The number of imide groups is 1. The van der Waals surface area contributed by atoms with Crippen LogP contribution < -0.4 is 15.5 Å². The van der Waals surface area contributed by atoms with E-state index < -0.39 is 55.0 Å². The maximum Gasteiger partial charge on any atom is 0.414 e. The summed E-state index contributed by atoms with van der Waals surface area (Å²) >= 11 is 6.89. The van der Waals surface area contributed by atoms with Crippen LogP contribution in [0, 0.1) is 11.7 Å². The molecule has 228 valence electrons. The minimum atomic E-state index is -1.03. The van der Waals surface area contributed by atoms with Crippen LogP contribution in [-0.2, 0) is 28.6 Å². The zero-order valence-electron chi connectivity index (χ0n) is 22.6. The number of benzene rings is 1. The summed E-state index contributed by atoms with van der Waals surface area (Å²) in [6.45, 7) is 2.52. The second-order valence-corrected chi connectivity index (χ2v) is 11.4. The van der Waals surface area contributed by atoms with E-state index in [-0.39, 0.29) is 54.5 Å². The SMILES string of the molecule is CC(C)[C@H](N)C(=O)OCC(=O)N(C[C@H]1CN(c2ccc(N3CCOCC3=O)cc2F)C(=O)O1)C(=O)c1ccc(Cl)s1.Cl. The highest BCUT2D eigenvalue weighted by Gasteiger charge is 2.38. The van der Waals surface area contributed by atoms with Gasteiger partial charge in [-0.05, 0) is 36.2 Å². The van der Waals surface area contributed by atoms with Gasteiger partial charge in [0.25, 0.3) is 17.7 Å². The fourth-order valence-corrected chi connectivity index (χ4v) is 5.12. The molecule has 2 saturated heterocycles. The van der Waals surface area contributed by atoms with Gasteiger partial charge in [0.05, 0.1) is 34.6 Å². The molecule has 12 nitrogen and oxygen atoms in total. The summed E-state index contributed by atoms with van der Waals surface area (Å²) in [6, 6.07) is 5.93. The Balaban J connectivity index is 0.00000484. The van der Waals surface area contributed by atoms with Gasteiger partial charge in [0.1, 0.15) is 24.6 Å². The number of cyclic esters (lactones) is 1. The Bertz CT molecular complexity index is 1360. The van der Waals surface area contributed by atoms with Crippen LogP contribution in [0.4, 0.5) is 20.6 Å². The molecule has 0 spiro atoms. The number of thiophene rings is 1. The molecule has 0 aliphatic carbocycles. The van der Waals surface area contributed by atoms with Crippen LogP contribution in [0.15, 0.2) is 30.3 Å². The fraction of sp³-hybridized carbons (Fsp3) is 0.423. The van der Waals surface area contributed by atoms with E-state index in [1.165, 1.54) is 29.2 Å². The average molecular weight is 648 g/mol. The van der Waals surface area contributed by atoms with Crippen LogP contribution in [0.25, 0.3) is 0 Å². The number of amides is 4. The van der Waals surface area contributed by atoms with Crippen molar-refractivity contribution >= 4 is 76.5 Å². The quantitative estimate of drug-likeness (QED) is 0.406. The number of esters is 1. The molecular formula is C26H29Cl2FN4O8S. The van der Waals surface area contributed by atoms with Gasteiger partial charge < -0.3 is 24.8 Å². The van der Waals surface area contributed by atoms with E-state index in [2.05, 4.69) is 0 Å². The number of carbonyl (C=O) groups excluding carboxylic acids is 5. The summed E-state index contributed by atoms with van der Waals surface area (Å²) in [5, 5.41) is 0. The maximum absolute atomic E-state index is 15.1. The zero-order valence-corrected chi connectivity index (χ0v) is 25.0. The van der Waals surface area contributed by atoms with Gasteiger partial charge in [0.15, 0.2) is 6.61 Å². The summed E-state index contributed by atoms with van der Waals surface area (Å²) in [5.74, 6) is -3.75. The van der Waals surface area contributed by atoms with Gasteiger partial charge in [0.2, 0.25) is 0 Å². The minimum absolute atomic E-state index is 0. The molecule has 0 radical (unpaired) electrons. The predicted octanol–water partition coefficient (Wildman–Crippen LogP) is 2.85. The molecule has 16 heteroatoms. The monoisotopic (exact) mass is 646 g/mol. The van der Waals surface area contributed by atoms with E-state index in [1.54, 1.807) is 13.8 Å². The van der Waals surface area contributed by atoms with Gasteiger partial charge in [0, 0.05) is 12.2 Å². The lowest BCUT2D eigenvalue weighted by Gasteiger charge is -2.27. The predicted molar refractivity (Wildman–Crippen MR) is 154 cm³/mol. The summed E-state index contributed by atoms with van der Waals surface area (Å²) in [5.41, 5.74) is 5.98. The van der Waals surface area contributed by atoms with Crippen LogP contribution in [0.3, 0.4) is 0 Å². The molecule has 42 heavy (non-hydrogen) atoms. The lowest BCUT2D eigenvalue weighted by Crippen LogP contribution is -2.46. The van der Waals surface area contributed by atoms with E-state index in [0.717, 1.165) is 27.2 Å². The van der Waals surface area contributed by atoms with Gasteiger partial charge in [-0.3, -0.25) is 29.0 Å². The van der Waals surface area contributed by atoms with Crippen LogP contribution in [0.5, 0.6) is 0 Å². The van der Waals surface area contributed by atoms with Gasteiger partial charge in [-0.1, -0.05) is 25.4 Å². The van der Waals surface area contributed by atoms with E-state index in [4.69, 9.17) is 31.5 Å². The van der Waals surface area contributed by atoms with Crippen molar-refractivity contribution in [3.63, 3.8) is 0 Å². The Morgan fingerprint density at radius 2 is 1.95 bits per heavy atom. The van der Waals surface area contributed by atoms with Crippen molar-refractivity contribution in [1.29, 1.82) is 0 Å². The molecule has 0 unspecified atom stereocenters. The van der Waals surface area contributed by atoms with Crippen LogP contribution in [0.1, 0.15) is 23.5 Å². The molecule has 0 bridgehead atoms. The van der Waals surface area contributed by atoms with Gasteiger partial charge in [-0.2, -0.15) is 0 Å². The molecule has 2 aliphatic heterocycles. The molecule has 1 aromatic heterocycles. The van der Waals surface area contributed by atoms with Crippen molar-refractivity contribution in [3.05, 3.63) is 45.4 Å². The van der Waals surface area contributed by atoms with Gasteiger partial charge in [-0.15, -0.1) is 23.7 Å². The summed E-state index contributed by atoms with van der Waals surface area (Å²) in [6.07, 6.45) is -1.92. The first-order chi connectivity index (χ1) is 19.5. The third-order valence-electron chi connectivity index (χ3n) is 6.44. The van der Waals surface area contributed by atoms with E-state index in [1.807, 2.05) is 0 Å². The first kappa shape index (κ1) is 33.2. The van der Waals surface area contributed by atoms with Crippen molar-refractivity contribution in [2.75, 3.05) is 49.3 Å². The molecule has 3 heterocycles. The van der Waals surface area contributed by atoms with E-state index in [9.17, 15) is 24.0 Å². The Labute approximate surface area is 255 Å². The summed E-state index contributed by atoms with van der Waals surface area (Å²) in [7, 11) is 0. The third kappa shape index (κ3) is 7.55. The number of anilines is 2. The molecule has 0 saturated carbocycles. The first-order valence-electron chi connectivity index (χ1n) is 12.6. The molecule has 2 fully saturated rings. The molecular weight excluding hydrogens is 618 g/mol. The van der Waals surface area contributed by atoms with Gasteiger partial charge in [-0.25, -0.2) is 9.18 Å². The van der Waals surface area contributed by atoms with E-state index >= 15 is 4.39 Å². The molecule has 2 atom stereocenters. The molecule has 2 aromatic rings. The first-order valence-corrected chi connectivity index (χ1v) is 13.8. The van der Waals surface area contributed by atoms with Crippen molar-refractivity contribution in [2.45, 2.75) is 26.0 Å².